The van der Waals surface area contributed by atoms with E-state index in [9.17, 15) is 0 Å². The molecule has 0 saturated carbocycles. The largest absolute Gasteiger partial charge is 0.382 e. The van der Waals surface area contributed by atoms with Crippen molar-refractivity contribution in [2.45, 2.75) is 6.42 Å². The molecule has 5 heteroatoms. The SMILES string of the molecule is COCCOCCCN1CCN(CCN)CC1. The minimum Gasteiger partial charge on any atom is -0.382 e. The summed E-state index contributed by atoms with van der Waals surface area (Å²) in [5, 5.41) is 0. The van der Waals surface area contributed by atoms with Crippen LogP contribution in [-0.4, -0.2) is 82.5 Å². The van der Waals surface area contributed by atoms with E-state index in [0.717, 1.165) is 58.8 Å². The topological polar surface area (TPSA) is 51.0 Å². The minimum atomic E-state index is 0.692. The van der Waals surface area contributed by atoms with E-state index in [1.165, 1.54) is 0 Å². The molecule has 0 unspecified atom stereocenters. The molecule has 17 heavy (non-hydrogen) atoms. The summed E-state index contributed by atoms with van der Waals surface area (Å²) in [6.45, 7) is 9.83. The number of hydrogen-bond acceptors (Lipinski definition) is 5. The van der Waals surface area contributed by atoms with Gasteiger partial charge in [0.25, 0.3) is 0 Å². The summed E-state index contributed by atoms with van der Waals surface area (Å²) in [7, 11) is 1.70. The van der Waals surface area contributed by atoms with Crippen LogP contribution in [0.3, 0.4) is 0 Å². The van der Waals surface area contributed by atoms with E-state index in [4.69, 9.17) is 15.2 Å². The van der Waals surface area contributed by atoms with Gasteiger partial charge < -0.3 is 20.1 Å². The van der Waals surface area contributed by atoms with Crippen LogP contribution in [0.2, 0.25) is 0 Å². The second-order valence-corrected chi connectivity index (χ2v) is 4.43. The smallest absolute Gasteiger partial charge is 0.0700 e. The highest BCUT2D eigenvalue weighted by molar-refractivity contribution is 4.71. The van der Waals surface area contributed by atoms with Gasteiger partial charge in [0.2, 0.25) is 0 Å². The summed E-state index contributed by atoms with van der Waals surface area (Å²) in [6.07, 6.45) is 1.11. The third-order valence-corrected chi connectivity index (χ3v) is 3.11. The van der Waals surface area contributed by atoms with Crippen LogP contribution in [0.15, 0.2) is 0 Å². The van der Waals surface area contributed by atoms with Gasteiger partial charge >= 0.3 is 0 Å². The molecule has 1 aliphatic heterocycles. The summed E-state index contributed by atoms with van der Waals surface area (Å²) in [4.78, 5) is 4.94. The van der Waals surface area contributed by atoms with Gasteiger partial charge in [-0.05, 0) is 6.42 Å². The molecule has 1 saturated heterocycles. The van der Waals surface area contributed by atoms with Crippen molar-refractivity contribution in [1.29, 1.82) is 0 Å². The van der Waals surface area contributed by atoms with Gasteiger partial charge in [0.05, 0.1) is 13.2 Å². The molecule has 1 aliphatic rings. The number of methoxy groups -OCH3 is 1. The number of hydrogen-bond donors (Lipinski definition) is 1. The van der Waals surface area contributed by atoms with Crippen LogP contribution in [0, 0.1) is 0 Å². The van der Waals surface area contributed by atoms with Gasteiger partial charge in [-0.3, -0.25) is 4.90 Å². The Hall–Kier alpha value is -0.200. The molecule has 0 amide bonds. The van der Waals surface area contributed by atoms with Gasteiger partial charge in [0, 0.05) is 59.5 Å². The molecule has 0 spiro atoms. The Labute approximate surface area is 105 Å². The summed E-state index contributed by atoms with van der Waals surface area (Å²) in [5.41, 5.74) is 5.55. The van der Waals surface area contributed by atoms with Gasteiger partial charge in [0.1, 0.15) is 0 Å². The van der Waals surface area contributed by atoms with Crippen LogP contribution in [0.1, 0.15) is 6.42 Å². The maximum Gasteiger partial charge on any atom is 0.0700 e. The monoisotopic (exact) mass is 245 g/mol. The molecule has 1 rings (SSSR count). The van der Waals surface area contributed by atoms with Gasteiger partial charge in [-0.2, -0.15) is 0 Å². The first-order valence-electron chi connectivity index (χ1n) is 6.58. The maximum atomic E-state index is 5.55. The average Bonchev–Trinajstić information content (AvgIpc) is 2.36. The zero-order valence-electron chi connectivity index (χ0n) is 11.1. The summed E-state index contributed by atoms with van der Waals surface area (Å²) < 4.78 is 10.4. The van der Waals surface area contributed by atoms with Crippen molar-refractivity contribution in [2.24, 2.45) is 5.73 Å². The maximum absolute atomic E-state index is 5.55. The van der Waals surface area contributed by atoms with Gasteiger partial charge in [-0.25, -0.2) is 0 Å². The van der Waals surface area contributed by atoms with Crippen LogP contribution in [0.5, 0.6) is 0 Å². The molecule has 0 aromatic carbocycles. The van der Waals surface area contributed by atoms with Crippen LogP contribution >= 0.6 is 0 Å². The molecular weight excluding hydrogens is 218 g/mol. The summed E-state index contributed by atoms with van der Waals surface area (Å²) in [6, 6.07) is 0. The molecule has 5 nitrogen and oxygen atoms in total. The highest BCUT2D eigenvalue weighted by Gasteiger charge is 2.15. The van der Waals surface area contributed by atoms with Crippen LogP contribution in [0.4, 0.5) is 0 Å². The second-order valence-electron chi connectivity index (χ2n) is 4.43. The fourth-order valence-electron chi connectivity index (χ4n) is 2.05. The molecular formula is C12H27N3O2. The molecule has 0 aromatic rings. The van der Waals surface area contributed by atoms with E-state index < -0.39 is 0 Å². The molecule has 0 radical (unpaired) electrons. The number of rotatable bonds is 9. The second kappa shape index (κ2) is 9.79. The Morgan fingerprint density at radius 1 is 0.941 bits per heavy atom. The highest BCUT2D eigenvalue weighted by atomic mass is 16.5. The summed E-state index contributed by atoms with van der Waals surface area (Å²) >= 11 is 0. The zero-order chi connectivity index (χ0) is 12.3. The van der Waals surface area contributed by atoms with E-state index in [1.807, 2.05) is 0 Å². The third-order valence-electron chi connectivity index (χ3n) is 3.11. The van der Waals surface area contributed by atoms with Crippen molar-refractivity contribution in [3.63, 3.8) is 0 Å². The average molecular weight is 245 g/mol. The molecule has 1 heterocycles. The van der Waals surface area contributed by atoms with Crippen LogP contribution < -0.4 is 5.73 Å². The third kappa shape index (κ3) is 6.95. The molecule has 2 N–H and O–H groups in total. The Balaban J connectivity index is 1.91. The predicted octanol–water partition coefficient (Wildman–Crippen LogP) is -0.384. The predicted molar refractivity (Wildman–Crippen MR) is 69.2 cm³/mol. The lowest BCUT2D eigenvalue weighted by molar-refractivity contribution is 0.0610. The zero-order valence-corrected chi connectivity index (χ0v) is 11.1. The Kier molecular flexibility index (Phi) is 8.56. The Bertz CT molecular complexity index is 173. The van der Waals surface area contributed by atoms with E-state index in [1.54, 1.807) is 7.11 Å². The number of nitrogens with two attached hydrogens (primary N) is 1. The fourth-order valence-corrected chi connectivity index (χ4v) is 2.05. The highest BCUT2D eigenvalue weighted by Crippen LogP contribution is 2.01. The number of nitrogens with zero attached hydrogens (tertiary/aromatic N) is 2. The van der Waals surface area contributed by atoms with E-state index >= 15 is 0 Å². The van der Waals surface area contributed by atoms with Gasteiger partial charge in [0.15, 0.2) is 0 Å². The van der Waals surface area contributed by atoms with Crippen molar-refractivity contribution in [2.75, 3.05) is 72.7 Å². The van der Waals surface area contributed by atoms with Crippen molar-refractivity contribution in [3.05, 3.63) is 0 Å². The van der Waals surface area contributed by atoms with Crippen molar-refractivity contribution in [1.82, 2.24) is 9.80 Å². The fraction of sp³-hybridized carbons (Fsp3) is 1.00. The van der Waals surface area contributed by atoms with E-state index in [-0.39, 0.29) is 0 Å². The standard InChI is InChI=1S/C12H27N3O2/c1-16-11-12-17-10-2-4-14-6-8-15(5-3-13)9-7-14/h2-13H2,1H3. The van der Waals surface area contributed by atoms with E-state index in [0.29, 0.717) is 13.2 Å². The van der Waals surface area contributed by atoms with Gasteiger partial charge in [-0.15, -0.1) is 0 Å². The molecule has 0 atom stereocenters. The Morgan fingerprint density at radius 2 is 1.59 bits per heavy atom. The first-order chi connectivity index (χ1) is 8.36. The molecule has 102 valence electrons. The molecule has 0 aromatic heterocycles. The first-order valence-corrected chi connectivity index (χ1v) is 6.58. The summed E-state index contributed by atoms with van der Waals surface area (Å²) in [5.74, 6) is 0. The number of ether oxygens (including phenoxy) is 2. The minimum absolute atomic E-state index is 0.692. The molecule has 1 fully saturated rings. The van der Waals surface area contributed by atoms with Crippen molar-refractivity contribution in [3.8, 4) is 0 Å². The normalized spacial score (nSPS) is 18.7. The lowest BCUT2D eigenvalue weighted by Crippen LogP contribution is -2.47. The van der Waals surface area contributed by atoms with Crippen LogP contribution in [0.25, 0.3) is 0 Å². The quantitative estimate of drug-likeness (QED) is 0.561. The van der Waals surface area contributed by atoms with Crippen LogP contribution in [-0.2, 0) is 9.47 Å². The van der Waals surface area contributed by atoms with Gasteiger partial charge in [-0.1, -0.05) is 0 Å². The lowest BCUT2D eigenvalue weighted by atomic mass is 10.3. The van der Waals surface area contributed by atoms with E-state index in [2.05, 4.69) is 9.80 Å². The van der Waals surface area contributed by atoms with Crippen molar-refractivity contribution >= 4 is 0 Å². The molecule has 0 bridgehead atoms. The van der Waals surface area contributed by atoms with Crippen molar-refractivity contribution < 1.29 is 9.47 Å². The number of piperazine rings is 1. The molecule has 0 aliphatic carbocycles. The Morgan fingerprint density at radius 3 is 2.18 bits per heavy atom. The first kappa shape index (κ1) is 14.9. The lowest BCUT2D eigenvalue weighted by Gasteiger charge is -2.34.